The number of amides is 1. The summed E-state index contributed by atoms with van der Waals surface area (Å²) in [5, 5.41) is 7.86. The van der Waals surface area contributed by atoms with Gasteiger partial charge in [0.2, 0.25) is 15.9 Å². The molecule has 2 aliphatic rings. The van der Waals surface area contributed by atoms with Crippen LogP contribution in [0, 0.1) is 0 Å². The molecule has 10 nitrogen and oxygen atoms in total. The molecule has 180 valence electrons. The lowest BCUT2D eigenvalue weighted by Gasteiger charge is -2.40. The summed E-state index contributed by atoms with van der Waals surface area (Å²) in [7, 11) is -5.72. The molecule has 0 radical (unpaired) electrons. The van der Waals surface area contributed by atoms with Gasteiger partial charge in [0.15, 0.2) is 0 Å². The van der Waals surface area contributed by atoms with E-state index >= 15 is 0 Å². The van der Waals surface area contributed by atoms with Crippen molar-refractivity contribution in [2.75, 3.05) is 38.5 Å². The van der Waals surface area contributed by atoms with E-state index in [2.05, 4.69) is 5.32 Å². The van der Waals surface area contributed by atoms with Crippen LogP contribution in [-0.2, 0) is 25.0 Å². The van der Waals surface area contributed by atoms with Crippen molar-refractivity contribution in [3.05, 3.63) is 24.3 Å². The van der Waals surface area contributed by atoms with Crippen LogP contribution in [-0.4, -0.2) is 81.6 Å². The molecule has 3 N–H and O–H groups in total. The van der Waals surface area contributed by atoms with E-state index in [0.29, 0.717) is 31.9 Å². The summed E-state index contributed by atoms with van der Waals surface area (Å²) in [5.41, 5.74) is 0.337. The van der Waals surface area contributed by atoms with Gasteiger partial charge < -0.3 is 5.32 Å². The minimum atomic E-state index is -3.87. The number of sulfonamides is 1. The van der Waals surface area contributed by atoms with E-state index in [1.807, 2.05) is 4.90 Å². The third-order valence-corrected chi connectivity index (χ3v) is 9.36. The Morgan fingerprint density at radius 2 is 1.72 bits per heavy atom. The minimum Gasteiger partial charge on any atom is -0.325 e. The Morgan fingerprint density at radius 1 is 1.09 bits per heavy atom. The first-order valence-electron chi connectivity index (χ1n) is 10.9. The predicted molar refractivity (Wildman–Crippen MR) is 123 cm³/mol. The van der Waals surface area contributed by atoms with E-state index in [9.17, 15) is 21.6 Å². The van der Waals surface area contributed by atoms with Crippen LogP contribution in [0.4, 0.5) is 5.69 Å². The molecule has 1 saturated carbocycles. The Labute approximate surface area is 191 Å². The van der Waals surface area contributed by atoms with Crippen LogP contribution in [0.15, 0.2) is 29.2 Å². The number of nitrogens with one attached hydrogen (secondary N) is 1. The van der Waals surface area contributed by atoms with Gasteiger partial charge in [-0.1, -0.05) is 25.3 Å². The third-order valence-electron chi connectivity index (χ3n) is 6.41. The fourth-order valence-corrected chi connectivity index (χ4v) is 6.44. The first-order chi connectivity index (χ1) is 15.0. The molecule has 1 aliphatic heterocycles. The molecule has 1 amide bonds. The number of rotatable bonds is 7. The highest BCUT2D eigenvalue weighted by molar-refractivity contribution is 7.89. The second kappa shape index (κ2) is 10.1. The van der Waals surface area contributed by atoms with E-state index < -0.39 is 26.3 Å². The summed E-state index contributed by atoms with van der Waals surface area (Å²) in [6, 6.07) is 5.32. The van der Waals surface area contributed by atoms with Crippen molar-refractivity contribution < 1.29 is 21.6 Å². The van der Waals surface area contributed by atoms with Gasteiger partial charge in [-0.25, -0.2) is 13.6 Å². The Kier molecular flexibility index (Phi) is 7.94. The maximum atomic E-state index is 13.0. The standard InChI is InChI=1S/C20H33N5O5S2/c1-16(20(26)22-17-7-6-10-19(15-17)31(21,27)28)24-11-13-25(14-12-24)32(29,30)23(2)18-8-4-3-5-9-18/h6-7,10,15-16,18H,3-5,8-9,11-14H2,1-2H3,(H,22,26)(H2,21,27,28). The quantitative estimate of drug-likeness (QED) is 0.584. The van der Waals surface area contributed by atoms with Crippen molar-refractivity contribution in [2.24, 2.45) is 5.14 Å². The number of benzene rings is 1. The molecule has 1 unspecified atom stereocenters. The van der Waals surface area contributed by atoms with E-state index in [1.165, 1.54) is 26.8 Å². The summed E-state index contributed by atoms with van der Waals surface area (Å²) in [4.78, 5) is 14.5. The number of nitrogens with two attached hydrogens (primary N) is 1. The smallest absolute Gasteiger partial charge is 0.282 e. The maximum absolute atomic E-state index is 13.0. The van der Waals surface area contributed by atoms with E-state index in [-0.39, 0.29) is 16.8 Å². The molecule has 1 saturated heterocycles. The monoisotopic (exact) mass is 487 g/mol. The molecule has 0 bridgehead atoms. The number of piperazine rings is 1. The van der Waals surface area contributed by atoms with Crippen molar-refractivity contribution in [1.29, 1.82) is 0 Å². The molecule has 1 aliphatic carbocycles. The van der Waals surface area contributed by atoms with Crippen molar-refractivity contribution >= 4 is 31.8 Å². The van der Waals surface area contributed by atoms with Gasteiger partial charge in [0, 0.05) is 45.0 Å². The summed E-state index contributed by atoms with van der Waals surface area (Å²) in [6.07, 6.45) is 5.09. The molecule has 32 heavy (non-hydrogen) atoms. The van der Waals surface area contributed by atoms with Crippen LogP contribution in [0.2, 0.25) is 0 Å². The molecule has 2 fully saturated rings. The molecule has 3 rings (SSSR count). The molecular weight excluding hydrogens is 454 g/mol. The van der Waals surface area contributed by atoms with E-state index in [1.54, 1.807) is 20.0 Å². The maximum Gasteiger partial charge on any atom is 0.282 e. The fourth-order valence-electron chi connectivity index (χ4n) is 4.30. The third kappa shape index (κ3) is 5.86. The highest BCUT2D eigenvalue weighted by atomic mass is 32.2. The van der Waals surface area contributed by atoms with Gasteiger partial charge in [-0.3, -0.25) is 9.69 Å². The average Bonchev–Trinajstić information content (AvgIpc) is 2.78. The van der Waals surface area contributed by atoms with Gasteiger partial charge in [0.05, 0.1) is 10.9 Å². The number of primary sulfonamides is 1. The number of nitrogens with zero attached hydrogens (tertiary/aromatic N) is 3. The summed E-state index contributed by atoms with van der Waals surface area (Å²) in [5.74, 6) is -0.299. The second-order valence-electron chi connectivity index (χ2n) is 8.49. The summed E-state index contributed by atoms with van der Waals surface area (Å²) in [6.45, 7) is 3.25. The number of anilines is 1. The molecule has 1 aromatic carbocycles. The molecular formula is C20H33N5O5S2. The number of carbonyl (C=O) groups excluding carboxylic acids is 1. The van der Waals surface area contributed by atoms with Crippen molar-refractivity contribution in [1.82, 2.24) is 13.5 Å². The lowest BCUT2D eigenvalue weighted by molar-refractivity contribution is -0.121. The molecule has 0 spiro atoms. The van der Waals surface area contributed by atoms with Crippen LogP contribution < -0.4 is 10.5 Å². The highest BCUT2D eigenvalue weighted by Crippen LogP contribution is 2.25. The van der Waals surface area contributed by atoms with Gasteiger partial charge >= 0.3 is 0 Å². The first-order valence-corrected chi connectivity index (χ1v) is 13.9. The summed E-state index contributed by atoms with van der Waals surface area (Å²) < 4.78 is 52.1. The number of hydrogen-bond donors (Lipinski definition) is 2. The largest absolute Gasteiger partial charge is 0.325 e. The lowest BCUT2D eigenvalue weighted by atomic mass is 9.96. The van der Waals surface area contributed by atoms with Crippen LogP contribution in [0.1, 0.15) is 39.0 Å². The molecule has 0 aromatic heterocycles. The van der Waals surface area contributed by atoms with Gasteiger partial charge in [-0.15, -0.1) is 0 Å². The zero-order valence-electron chi connectivity index (χ0n) is 18.6. The van der Waals surface area contributed by atoms with Gasteiger partial charge in [0.1, 0.15) is 0 Å². The molecule has 1 heterocycles. The Bertz CT molecular complexity index is 1020. The Balaban J connectivity index is 1.57. The fraction of sp³-hybridized carbons (Fsp3) is 0.650. The Hall–Kier alpha value is -1.57. The van der Waals surface area contributed by atoms with Crippen LogP contribution in [0.5, 0.6) is 0 Å². The van der Waals surface area contributed by atoms with Gasteiger partial charge in [-0.05, 0) is 38.0 Å². The average molecular weight is 488 g/mol. The van der Waals surface area contributed by atoms with Gasteiger partial charge in [0.25, 0.3) is 10.2 Å². The zero-order valence-corrected chi connectivity index (χ0v) is 20.2. The Morgan fingerprint density at radius 3 is 2.31 bits per heavy atom. The topological polar surface area (TPSA) is 133 Å². The molecule has 1 atom stereocenters. The molecule has 12 heteroatoms. The number of carbonyl (C=O) groups is 1. The summed E-state index contributed by atoms with van der Waals surface area (Å²) >= 11 is 0. The van der Waals surface area contributed by atoms with Gasteiger partial charge in [-0.2, -0.15) is 17.0 Å². The van der Waals surface area contributed by atoms with Crippen molar-refractivity contribution in [3.8, 4) is 0 Å². The second-order valence-corrected chi connectivity index (χ2v) is 12.0. The van der Waals surface area contributed by atoms with E-state index in [0.717, 1.165) is 32.1 Å². The van der Waals surface area contributed by atoms with Crippen LogP contribution in [0.3, 0.4) is 0 Å². The molecule has 1 aromatic rings. The highest BCUT2D eigenvalue weighted by Gasteiger charge is 2.36. The number of hydrogen-bond acceptors (Lipinski definition) is 6. The zero-order chi connectivity index (χ0) is 23.5. The lowest BCUT2D eigenvalue weighted by Crippen LogP contribution is -2.57. The van der Waals surface area contributed by atoms with E-state index in [4.69, 9.17) is 5.14 Å². The normalized spacial score (nSPS) is 20.9. The van der Waals surface area contributed by atoms with Crippen molar-refractivity contribution in [3.63, 3.8) is 0 Å². The predicted octanol–water partition coefficient (Wildman–Crippen LogP) is 0.788. The minimum absolute atomic E-state index is 0.0598. The first kappa shape index (κ1) is 25.1. The SMILES string of the molecule is CC(C(=O)Nc1cccc(S(N)(=O)=O)c1)N1CCN(S(=O)(=O)N(C)C2CCCCC2)CC1. The van der Waals surface area contributed by atoms with Crippen molar-refractivity contribution in [2.45, 2.75) is 56.0 Å². The van der Waals surface area contributed by atoms with Crippen LogP contribution >= 0.6 is 0 Å². The van der Waals surface area contributed by atoms with Crippen LogP contribution in [0.25, 0.3) is 0 Å².